The number of carbonyl (C=O) groups excluding carboxylic acids is 2. The van der Waals surface area contributed by atoms with E-state index in [4.69, 9.17) is 11.6 Å². The van der Waals surface area contributed by atoms with Crippen molar-refractivity contribution in [2.24, 2.45) is 0 Å². The predicted molar refractivity (Wildman–Crippen MR) is 73.7 cm³/mol. The second kappa shape index (κ2) is 5.09. The Bertz CT molecular complexity index is 544. The highest BCUT2D eigenvalue weighted by atomic mass is 79.9. The third-order valence-electron chi connectivity index (χ3n) is 2.96. The first-order valence-corrected chi connectivity index (χ1v) is 6.78. The zero-order valence-electron chi connectivity index (χ0n) is 10.2. The molecular weight excluding hydrogens is 338 g/mol. The van der Waals surface area contributed by atoms with Crippen LogP contribution in [0, 0.1) is 5.82 Å². The van der Waals surface area contributed by atoms with Crippen molar-refractivity contribution in [2.45, 2.75) is 25.9 Å². The van der Waals surface area contributed by atoms with Crippen LogP contribution in [0.5, 0.6) is 0 Å². The van der Waals surface area contributed by atoms with Gasteiger partial charge in [0.1, 0.15) is 17.9 Å². The molecule has 1 aliphatic heterocycles. The molecule has 102 valence electrons. The van der Waals surface area contributed by atoms with Crippen LogP contribution < -0.4 is 10.2 Å². The van der Waals surface area contributed by atoms with Gasteiger partial charge in [-0.05, 0) is 41.9 Å². The Kier molecular flexibility index (Phi) is 3.82. The zero-order chi connectivity index (χ0) is 14.3. The lowest BCUT2D eigenvalue weighted by molar-refractivity contribution is -0.133. The maximum atomic E-state index is 13.2. The van der Waals surface area contributed by atoms with E-state index in [9.17, 15) is 14.0 Å². The summed E-state index contributed by atoms with van der Waals surface area (Å²) in [5, 5.41) is 2.64. The van der Waals surface area contributed by atoms with Gasteiger partial charge >= 0.3 is 0 Å². The number of carbonyl (C=O) groups is 2. The van der Waals surface area contributed by atoms with Crippen molar-refractivity contribution in [3.63, 3.8) is 0 Å². The third-order valence-corrected chi connectivity index (χ3v) is 3.85. The van der Waals surface area contributed by atoms with Gasteiger partial charge in [-0.25, -0.2) is 4.39 Å². The van der Waals surface area contributed by atoms with Gasteiger partial charge in [-0.15, -0.1) is 0 Å². The topological polar surface area (TPSA) is 49.4 Å². The van der Waals surface area contributed by atoms with Gasteiger partial charge in [-0.1, -0.05) is 11.6 Å². The van der Waals surface area contributed by atoms with Gasteiger partial charge in [-0.2, -0.15) is 0 Å². The lowest BCUT2D eigenvalue weighted by Crippen LogP contribution is -2.61. The van der Waals surface area contributed by atoms with Crippen LogP contribution in [-0.4, -0.2) is 23.9 Å². The van der Waals surface area contributed by atoms with E-state index in [0.29, 0.717) is 10.2 Å². The Morgan fingerprint density at radius 2 is 2.00 bits per heavy atom. The predicted octanol–water partition coefficient (Wildman–Crippen LogP) is 2.48. The molecule has 1 saturated heterocycles. The van der Waals surface area contributed by atoms with Crippen LogP contribution >= 0.6 is 27.5 Å². The largest absolute Gasteiger partial charge is 0.343 e. The van der Waals surface area contributed by atoms with Gasteiger partial charge in [-0.3, -0.25) is 14.5 Å². The Labute approximate surface area is 123 Å². The summed E-state index contributed by atoms with van der Waals surface area (Å²) in [4.78, 5) is 25.3. The van der Waals surface area contributed by atoms with Gasteiger partial charge in [0, 0.05) is 4.47 Å². The lowest BCUT2D eigenvalue weighted by Gasteiger charge is -2.37. The van der Waals surface area contributed by atoms with E-state index < -0.39 is 17.9 Å². The van der Waals surface area contributed by atoms with E-state index in [0.717, 1.165) is 6.07 Å². The molecule has 0 spiro atoms. The van der Waals surface area contributed by atoms with Crippen LogP contribution in [0.25, 0.3) is 0 Å². The fourth-order valence-corrected chi connectivity index (χ4v) is 3.02. The number of anilines is 1. The van der Waals surface area contributed by atoms with Gasteiger partial charge in [0.05, 0.1) is 10.7 Å². The molecule has 1 aliphatic rings. The normalized spacial score (nSPS) is 23.5. The minimum atomic E-state index is -0.706. The average molecular weight is 350 g/mol. The molecule has 2 atom stereocenters. The first-order chi connectivity index (χ1) is 8.82. The molecular formula is C12H11BrClFN2O2. The van der Waals surface area contributed by atoms with E-state index in [1.165, 1.54) is 11.0 Å². The van der Waals surface area contributed by atoms with E-state index in [1.54, 1.807) is 13.8 Å². The molecule has 0 radical (unpaired) electrons. The van der Waals surface area contributed by atoms with Gasteiger partial charge in [0.15, 0.2) is 0 Å². The van der Waals surface area contributed by atoms with Crippen LogP contribution in [0.4, 0.5) is 10.1 Å². The summed E-state index contributed by atoms with van der Waals surface area (Å²) in [6.45, 7) is 3.18. The fourth-order valence-electron chi connectivity index (χ4n) is 1.98. The number of benzene rings is 1. The minimum absolute atomic E-state index is 0.0778. The molecule has 1 fully saturated rings. The maximum Gasteiger partial charge on any atom is 0.250 e. The molecule has 4 nitrogen and oxygen atoms in total. The molecule has 2 rings (SSSR count). The highest BCUT2D eigenvalue weighted by molar-refractivity contribution is 9.10. The summed E-state index contributed by atoms with van der Waals surface area (Å²) in [7, 11) is 0. The second-order valence-corrected chi connectivity index (χ2v) is 5.59. The lowest BCUT2D eigenvalue weighted by atomic mass is 10.1. The second-order valence-electron chi connectivity index (χ2n) is 4.33. The highest BCUT2D eigenvalue weighted by Gasteiger charge is 2.38. The van der Waals surface area contributed by atoms with Crippen molar-refractivity contribution < 1.29 is 14.0 Å². The molecule has 1 N–H and O–H groups in total. The number of nitrogens with zero attached hydrogens (tertiary/aromatic N) is 1. The summed E-state index contributed by atoms with van der Waals surface area (Å²) < 4.78 is 13.6. The summed E-state index contributed by atoms with van der Waals surface area (Å²) >= 11 is 9.18. The first-order valence-electron chi connectivity index (χ1n) is 5.61. The molecule has 7 heteroatoms. The molecule has 0 saturated carbocycles. The van der Waals surface area contributed by atoms with Crippen LogP contribution in [0.1, 0.15) is 13.8 Å². The van der Waals surface area contributed by atoms with E-state index >= 15 is 0 Å². The fraction of sp³-hybridized carbons (Fsp3) is 0.333. The van der Waals surface area contributed by atoms with Crippen LogP contribution in [0.2, 0.25) is 5.02 Å². The maximum absolute atomic E-state index is 13.2. The third kappa shape index (κ3) is 2.47. The number of hydrogen-bond donors (Lipinski definition) is 1. The minimum Gasteiger partial charge on any atom is -0.343 e. The van der Waals surface area contributed by atoms with E-state index in [2.05, 4.69) is 21.2 Å². The van der Waals surface area contributed by atoms with Crippen LogP contribution in [0.15, 0.2) is 16.6 Å². The van der Waals surface area contributed by atoms with Crippen molar-refractivity contribution in [3.8, 4) is 0 Å². The smallest absolute Gasteiger partial charge is 0.250 e. The summed E-state index contributed by atoms with van der Waals surface area (Å²) in [6.07, 6.45) is 0. The zero-order valence-corrected chi connectivity index (χ0v) is 12.5. The molecule has 0 aromatic heterocycles. The standard InChI is InChI=1S/C12H11BrClFN2O2/c1-5-12(19)17(6(2)11(18)16-5)10-8(13)3-7(15)4-9(10)14/h3-6H,1-2H3,(H,16,18). The highest BCUT2D eigenvalue weighted by Crippen LogP contribution is 2.37. The van der Waals surface area contributed by atoms with Crippen molar-refractivity contribution >= 4 is 45.0 Å². The first kappa shape index (κ1) is 14.3. The monoisotopic (exact) mass is 348 g/mol. The van der Waals surface area contributed by atoms with Gasteiger partial charge < -0.3 is 5.32 Å². The summed E-state index contributed by atoms with van der Waals surface area (Å²) in [5.41, 5.74) is 0.308. The molecule has 19 heavy (non-hydrogen) atoms. The number of amides is 2. The van der Waals surface area contributed by atoms with E-state index in [1.807, 2.05) is 0 Å². The van der Waals surface area contributed by atoms with Gasteiger partial charge in [0.2, 0.25) is 11.8 Å². The molecule has 2 amide bonds. The van der Waals surface area contributed by atoms with Crippen molar-refractivity contribution in [1.82, 2.24) is 5.32 Å². The van der Waals surface area contributed by atoms with Crippen molar-refractivity contribution in [3.05, 3.63) is 27.4 Å². The Morgan fingerprint density at radius 1 is 1.37 bits per heavy atom. The van der Waals surface area contributed by atoms with Crippen LogP contribution in [-0.2, 0) is 9.59 Å². The molecule has 1 aromatic rings. The quantitative estimate of drug-likeness (QED) is 0.847. The Balaban J connectivity index is 2.56. The van der Waals surface area contributed by atoms with E-state index in [-0.39, 0.29) is 16.8 Å². The Hall–Kier alpha value is -1.14. The number of hydrogen-bond acceptors (Lipinski definition) is 2. The molecule has 0 bridgehead atoms. The number of nitrogens with one attached hydrogen (secondary N) is 1. The van der Waals surface area contributed by atoms with Crippen molar-refractivity contribution in [1.29, 1.82) is 0 Å². The molecule has 2 unspecified atom stereocenters. The van der Waals surface area contributed by atoms with Crippen molar-refractivity contribution in [2.75, 3.05) is 4.90 Å². The number of piperazine rings is 1. The molecule has 0 aliphatic carbocycles. The molecule has 1 aromatic carbocycles. The number of rotatable bonds is 1. The Morgan fingerprint density at radius 3 is 2.58 bits per heavy atom. The summed E-state index contributed by atoms with van der Waals surface area (Å²) in [6, 6.07) is 0.969. The van der Waals surface area contributed by atoms with Crippen LogP contribution in [0.3, 0.4) is 0 Å². The molecule has 1 heterocycles. The number of halogens is 3. The van der Waals surface area contributed by atoms with Gasteiger partial charge in [0.25, 0.3) is 0 Å². The average Bonchev–Trinajstić information content (AvgIpc) is 2.30. The summed E-state index contributed by atoms with van der Waals surface area (Å²) in [5.74, 6) is -1.09. The SMILES string of the molecule is CC1NC(=O)C(C)N(c2c(Cl)cc(F)cc2Br)C1=O.